The van der Waals surface area contributed by atoms with Crippen LogP contribution >= 0.6 is 24.0 Å². The van der Waals surface area contributed by atoms with Gasteiger partial charge in [0.25, 0.3) is 0 Å². The Kier molecular flexibility index (Phi) is 10.8. The number of nitrogens with one attached hydrogen (secondary N) is 2. The van der Waals surface area contributed by atoms with Crippen LogP contribution in [0.15, 0.2) is 53.5 Å². The Hall–Kier alpha value is -1.80. The first-order valence-electron chi connectivity index (χ1n) is 8.92. The molecule has 0 aliphatic carbocycles. The molecule has 2 aromatic carbocycles. The van der Waals surface area contributed by atoms with Crippen molar-refractivity contribution in [1.82, 2.24) is 10.2 Å². The summed E-state index contributed by atoms with van der Waals surface area (Å²) in [5, 5.41) is 6.75. The number of hydrogen-bond donors (Lipinski definition) is 2. The first kappa shape index (κ1) is 23.2. The van der Waals surface area contributed by atoms with Gasteiger partial charge in [-0.3, -0.25) is 4.99 Å². The fourth-order valence-electron chi connectivity index (χ4n) is 2.72. The van der Waals surface area contributed by atoms with Crippen molar-refractivity contribution < 1.29 is 4.74 Å². The van der Waals surface area contributed by atoms with Crippen molar-refractivity contribution >= 4 is 35.6 Å². The summed E-state index contributed by atoms with van der Waals surface area (Å²) in [6, 6.07) is 16.9. The van der Waals surface area contributed by atoms with Crippen molar-refractivity contribution in [3.63, 3.8) is 0 Å². The van der Waals surface area contributed by atoms with Crippen molar-refractivity contribution in [2.75, 3.05) is 39.7 Å². The minimum atomic E-state index is 0. The van der Waals surface area contributed by atoms with Gasteiger partial charge in [-0.2, -0.15) is 0 Å². The van der Waals surface area contributed by atoms with Gasteiger partial charge >= 0.3 is 0 Å². The van der Waals surface area contributed by atoms with Crippen LogP contribution < -0.4 is 10.6 Å². The van der Waals surface area contributed by atoms with Gasteiger partial charge in [0.2, 0.25) is 0 Å². The number of aryl methyl sites for hydroxylation is 1. The molecular formula is C21H31IN4O. The van der Waals surface area contributed by atoms with Gasteiger partial charge in [-0.1, -0.05) is 36.4 Å². The maximum Gasteiger partial charge on any atom is 0.193 e. The van der Waals surface area contributed by atoms with Gasteiger partial charge < -0.3 is 20.3 Å². The highest BCUT2D eigenvalue weighted by Crippen LogP contribution is 2.11. The number of methoxy groups -OCH3 is 1. The highest BCUT2D eigenvalue weighted by Gasteiger charge is 2.08. The number of rotatable bonds is 8. The number of ether oxygens (including phenoxy) is 1. The van der Waals surface area contributed by atoms with E-state index in [1.807, 2.05) is 7.05 Å². The number of anilines is 1. The molecule has 0 heterocycles. The molecule has 0 aliphatic rings. The Labute approximate surface area is 180 Å². The van der Waals surface area contributed by atoms with E-state index in [1.54, 1.807) is 7.11 Å². The standard InChI is InChI=1S/C21H30N4O.HI/c1-17-7-5-6-8-19(17)16-25(3)21(22-2)24-15-18-9-11-20(12-10-18)23-13-14-26-4;/h5-12,23H,13-16H2,1-4H3,(H,22,24);1H. The molecule has 0 spiro atoms. The molecule has 0 fully saturated rings. The molecule has 27 heavy (non-hydrogen) atoms. The lowest BCUT2D eigenvalue weighted by molar-refractivity contribution is 0.211. The minimum Gasteiger partial charge on any atom is -0.383 e. The fraction of sp³-hybridized carbons (Fsp3) is 0.381. The van der Waals surface area contributed by atoms with E-state index < -0.39 is 0 Å². The second kappa shape index (κ2) is 12.6. The van der Waals surface area contributed by atoms with Gasteiger partial charge in [-0.05, 0) is 35.7 Å². The van der Waals surface area contributed by atoms with E-state index in [9.17, 15) is 0 Å². The average molecular weight is 482 g/mol. The van der Waals surface area contributed by atoms with E-state index in [2.05, 4.69) is 83.0 Å². The van der Waals surface area contributed by atoms with E-state index in [1.165, 1.54) is 16.7 Å². The van der Waals surface area contributed by atoms with Crippen LogP contribution in [-0.2, 0) is 17.8 Å². The normalized spacial score (nSPS) is 10.9. The van der Waals surface area contributed by atoms with Crippen LogP contribution in [0.1, 0.15) is 16.7 Å². The van der Waals surface area contributed by atoms with Crippen LogP contribution in [0.25, 0.3) is 0 Å². The lowest BCUT2D eigenvalue weighted by atomic mass is 10.1. The van der Waals surface area contributed by atoms with Crippen molar-refractivity contribution in [3.8, 4) is 0 Å². The molecule has 5 nitrogen and oxygen atoms in total. The summed E-state index contributed by atoms with van der Waals surface area (Å²) in [7, 11) is 5.59. The predicted molar refractivity (Wildman–Crippen MR) is 125 cm³/mol. The van der Waals surface area contributed by atoms with Gasteiger partial charge in [-0.25, -0.2) is 0 Å². The molecule has 0 aliphatic heterocycles. The zero-order valence-corrected chi connectivity index (χ0v) is 19.0. The average Bonchev–Trinajstić information content (AvgIpc) is 2.65. The number of benzene rings is 2. The van der Waals surface area contributed by atoms with Crippen molar-refractivity contribution in [2.24, 2.45) is 4.99 Å². The highest BCUT2D eigenvalue weighted by atomic mass is 127. The van der Waals surface area contributed by atoms with Gasteiger partial charge in [-0.15, -0.1) is 24.0 Å². The smallest absolute Gasteiger partial charge is 0.193 e. The number of guanidine groups is 1. The zero-order chi connectivity index (χ0) is 18.8. The number of hydrogen-bond acceptors (Lipinski definition) is 3. The molecule has 148 valence electrons. The van der Waals surface area contributed by atoms with E-state index in [4.69, 9.17) is 4.74 Å². The summed E-state index contributed by atoms with van der Waals surface area (Å²) in [5.41, 5.74) is 4.93. The third kappa shape index (κ3) is 7.76. The van der Waals surface area contributed by atoms with Crippen LogP contribution in [0, 0.1) is 6.92 Å². The molecule has 2 aromatic rings. The summed E-state index contributed by atoms with van der Waals surface area (Å²) >= 11 is 0. The summed E-state index contributed by atoms with van der Waals surface area (Å²) in [4.78, 5) is 6.54. The maximum atomic E-state index is 5.05. The lowest BCUT2D eigenvalue weighted by Gasteiger charge is -2.23. The van der Waals surface area contributed by atoms with Crippen LogP contribution in [0.3, 0.4) is 0 Å². The van der Waals surface area contributed by atoms with Gasteiger partial charge in [0, 0.05) is 46.5 Å². The van der Waals surface area contributed by atoms with Gasteiger partial charge in [0.15, 0.2) is 5.96 Å². The molecule has 0 amide bonds. The molecule has 0 aromatic heterocycles. The summed E-state index contributed by atoms with van der Waals surface area (Å²) in [5.74, 6) is 0.885. The SMILES string of the molecule is CN=C(NCc1ccc(NCCOC)cc1)N(C)Cc1ccccc1C.I. The molecule has 0 saturated carbocycles. The first-order valence-corrected chi connectivity index (χ1v) is 8.92. The molecule has 0 radical (unpaired) electrons. The molecule has 2 N–H and O–H groups in total. The molecular weight excluding hydrogens is 451 g/mol. The first-order chi connectivity index (χ1) is 12.6. The second-order valence-electron chi connectivity index (χ2n) is 6.30. The quantitative estimate of drug-likeness (QED) is 0.260. The fourth-order valence-corrected chi connectivity index (χ4v) is 2.72. The Morgan fingerprint density at radius 3 is 2.44 bits per heavy atom. The topological polar surface area (TPSA) is 48.9 Å². The van der Waals surface area contributed by atoms with Crippen LogP contribution in [0.2, 0.25) is 0 Å². The predicted octanol–water partition coefficient (Wildman–Crippen LogP) is 3.88. The summed E-state index contributed by atoms with van der Waals surface area (Å²) < 4.78 is 5.05. The summed E-state index contributed by atoms with van der Waals surface area (Å²) in [6.07, 6.45) is 0. The van der Waals surface area contributed by atoms with E-state index >= 15 is 0 Å². The molecule has 0 unspecified atom stereocenters. The van der Waals surface area contributed by atoms with E-state index in [0.717, 1.165) is 31.3 Å². The number of halogens is 1. The van der Waals surface area contributed by atoms with Gasteiger partial charge in [0.05, 0.1) is 6.61 Å². The Bertz CT molecular complexity index is 704. The monoisotopic (exact) mass is 482 g/mol. The molecule has 0 atom stereocenters. The zero-order valence-electron chi connectivity index (χ0n) is 16.7. The molecule has 6 heteroatoms. The van der Waals surface area contributed by atoms with E-state index in [0.29, 0.717) is 6.61 Å². The van der Waals surface area contributed by atoms with E-state index in [-0.39, 0.29) is 24.0 Å². The third-order valence-corrected chi connectivity index (χ3v) is 4.28. The van der Waals surface area contributed by atoms with Crippen LogP contribution in [0.5, 0.6) is 0 Å². The largest absolute Gasteiger partial charge is 0.383 e. The second-order valence-corrected chi connectivity index (χ2v) is 6.30. The lowest BCUT2D eigenvalue weighted by Crippen LogP contribution is -2.38. The highest BCUT2D eigenvalue weighted by molar-refractivity contribution is 14.0. The van der Waals surface area contributed by atoms with Gasteiger partial charge in [0.1, 0.15) is 0 Å². The van der Waals surface area contributed by atoms with Crippen LogP contribution in [0.4, 0.5) is 5.69 Å². The number of nitrogens with zero attached hydrogens (tertiary/aromatic N) is 2. The number of aliphatic imine (C=N–C) groups is 1. The molecule has 0 saturated heterocycles. The minimum absolute atomic E-state index is 0. The van der Waals surface area contributed by atoms with Crippen molar-refractivity contribution in [3.05, 3.63) is 65.2 Å². The van der Waals surface area contributed by atoms with Crippen LogP contribution in [-0.4, -0.2) is 45.2 Å². The van der Waals surface area contributed by atoms with Crippen molar-refractivity contribution in [2.45, 2.75) is 20.0 Å². The Morgan fingerprint density at radius 1 is 1.11 bits per heavy atom. The van der Waals surface area contributed by atoms with Crippen molar-refractivity contribution in [1.29, 1.82) is 0 Å². The maximum absolute atomic E-state index is 5.05. The Morgan fingerprint density at radius 2 is 1.81 bits per heavy atom. The molecule has 2 rings (SSSR count). The molecule has 0 bridgehead atoms. The Balaban J connectivity index is 0.00000364. The summed E-state index contributed by atoms with van der Waals surface area (Å²) in [6.45, 7) is 5.22. The third-order valence-electron chi connectivity index (χ3n) is 4.28.